The summed E-state index contributed by atoms with van der Waals surface area (Å²) in [6.45, 7) is 6.17. The largest absolute Gasteiger partial charge is 0.306 e. The molecule has 1 amide bonds. The second kappa shape index (κ2) is 5.91. The van der Waals surface area contributed by atoms with Gasteiger partial charge in [0, 0.05) is 23.3 Å². The smallest absolute Gasteiger partial charge is 0.249 e. The first-order valence-electron chi connectivity index (χ1n) is 6.65. The Balaban J connectivity index is 1.98. The van der Waals surface area contributed by atoms with Crippen molar-refractivity contribution >= 4 is 17.8 Å². The number of aromatic nitrogens is 2. The lowest BCUT2D eigenvalue weighted by molar-refractivity contribution is -0.111. The van der Waals surface area contributed by atoms with Gasteiger partial charge in [-0.1, -0.05) is 32.9 Å². The number of amides is 1. The van der Waals surface area contributed by atoms with Crippen molar-refractivity contribution in [2.24, 2.45) is 0 Å². The van der Waals surface area contributed by atoms with Gasteiger partial charge in [-0.3, -0.25) is 9.89 Å². The van der Waals surface area contributed by atoms with Crippen molar-refractivity contribution in [2.75, 3.05) is 5.32 Å². The van der Waals surface area contributed by atoms with Crippen molar-refractivity contribution in [3.8, 4) is 0 Å². The summed E-state index contributed by atoms with van der Waals surface area (Å²) in [4.78, 5) is 11.8. The van der Waals surface area contributed by atoms with Gasteiger partial charge in [-0.2, -0.15) is 5.10 Å². The third-order valence-electron chi connectivity index (χ3n) is 2.93. The molecule has 0 spiro atoms. The SMILES string of the molecule is CC(C)(C)c1cc(NC(=O)/C=C/c2ccc(F)cc2)n[nH]1. The first-order chi connectivity index (χ1) is 9.84. The highest BCUT2D eigenvalue weighted by Gasteiger charge is 2.16. The Morgan fingerprint density at radius 1 is 1.29 bits per heavy atom. The maximum Gasteiger partial charge on any atom is 0.249 e. The minimum atomic E-state index is -0.303. The Morgan fingerprint density at radius 2 is 1.95 bits per heavy atom. The van der Waals surface area contributed by atoms with Crippen LogP contribution in [0.3, 0.4) is 0 Å². The molecule has 0 aliphatic heterocycles. The van der Waals surface area contributed by atoms with Gasteiger partial charge in [-0.15, -0.1) is 0 Å². The van der Waals surface area contributed by atoms with Crippen molar-refractivity contribution < 1.29 is 9.18 Å². The topological polar surface area (TPSA) is 57.8 Å². The highest BCUT2D eigenvalue weighted by molar-refractivity contribution is 6.01. The number of halogens is 1. The number of benzene rings is 1. The van der Waals surface area contributed by atoms with Crippen molar-refractivity contribution in [1.29, 1.82) is 0 Å². The Bertz CT molecular complexity index is 651. The minimum absolute atomic E-state index is 0.0556. The summed E-state index contributed by atoms with van der Waals surface area (Å²) in [5, 5.41) is 9.62. The molecule has 21 heavy (non-hydrogen) atoms. The van der Waals surface area contributed by atoms with E-state index in [1.54, 1.807) is 18.2 Å². The number of carbonyl (C=O) groups is 1. The number of carbonyl (C=O) groups excluding carboxylic acids is 1. The van der Waals surface area contributed by atoms with E-state index in [-0.39, 0.29) is 17.1 Å². The van der Waals surface area contributed by atoms with E-state index >= 15 is 0 Å². The Labute approximate surface area is 123 Å². The Hall–Kier alpha value is -2.43. The molecule has 2 N–H and O–H groups in total. The summed E-state index contributed by atoms with van der Waals surface area (Å²) in [5.74, 6) is -0.109. The second-order valence-electron chi connectivity index (χ2n) is 5.79. The average Bonchev–Trinajstić information content (AvgIpc) is 2.86. The third kappa shape index (κ3) is 4.27. The predicted octanol–water partition coefficient (Wildman–Crippen LogP) is 3.50. The fourth-order valence-electron chi connectivity index (χ4n) is 1.68. The number of aromatic amines is 1. The maximum atomic E-state index is 12.8. The van der Waals surface area contributed by atoms with Gasteiger partial charge in [0.15, 0.2) is 5.82 Å². The second-order valence-corrected chi connectivity index (χ2v) is 5.79. The molecular formula is C16H18FN3O. The molecule has 0 fully saturated rings. The van der Waals surface area contributed by atoms with Gasteiger partial charge in [-0.05, 0) is 23.8 Å². The Morgan fingerprint density at radius 3 is 2.52 bits per heavy atom. The van der Waals surface area contributed by atoms with E-state index in [0.717, 1.165) is 11.3 Å². The predicted molar refractivity (Wildman–Crippen MR) is 81.4 cm³/mol. The van der Waals surface area contributed by atoms with Gasteiger partial charge in [0.1, 0.15) is 5.82 Å². The number of H-pyrrole nitrogens is 1. The number of hydrogen-bond acceptors (Lipinski definition) is 2. The summed E-state index contributed by atoms with van der Waals surface area (Å²) >= 11 is 0. The molecule has 1 aromatic heterocycles. The number of rotatable bonds is 3. The lowest BCUT2D eigenvalue weighted by Crippen LogP contribution is -2.11. The third-order valence-corrected chi connectivity index (χ3v) is 2.93. The van der Waals surface area contributed by atoms with E-state index in [1.165, 1.54) is 18.2 Å². The van der Waals surface area contributed by atoms with Crippen LogP contribution in [0, 0.1) is 5.82 Å². The molecule has 0 atom stereocenters. The zero-order valence-electron chi connectivity index (χ0n) is 12.3. The van der Waals surface area contributed by atoms with Gasteiger partial charge in [0.2, 0.25) is 5.91 Å². The molecule has 0 unspecified atom stereocenters. The maximum absolute atomic E-state index is 12.8. The highest BCUT2D eigenvalue weighted by atomic mass is 19.1. The quantitative estimate of drug-likeness (QED) is 0.849. The van der Waals surface area contributed by atoms with E-state index in [2.05, 4.69) is 36.3 Å². The first kappa shape index (κ1) is 15.0. The molecule has 0 radical (unpaired) electrons. The molecule has 2 rings (SSSR count). The summed E-state index contributed by atoms with van der Waals surface area (Å²) in [6.07, 6.45) is 3.00. The van der Waals surface area contributed by atoms with Gasteiger partial charge in [-0.25, -0.2) is 4.39 Å². The van der Waals surface area contributed by atoms with Crippen LogP contribution >= 0.6 is 0 Å². The molecule has 0 aliphatic carbocycles. The van der Waals surface area contributed by atoms with E-state index in [0.29, 0.717) is 5.82 Å². The van der Waals surface area contributed by atoms with E-state index in [1.807, 2.05) is 6.07 Å². The van der Waals surface area contributed by atoms with Crippen LogP contribution in [-0.2, 0) is 10.2 Å². The molecule has 110 valence electrons. The van der Waals surface area contributed by atoms with Crippen LogP contribution in [0.5, 0.6) is 0 Å². The number of nitrogens with one attached hydrogen (secondary N) is 2. The summed E-state index contributed by atoms with van der Waals surface area (Å²) < 4.78 is 12.8. The van der Waals surface area contributed by atoms with E-state index < -0.39 is 0 Å². The molecule has 2 aromatic rings. The zero-order chi connectivity index (χ0) is 15.5. The minimum Gasteiger partial charge on any atom is -0.306 e. The molecule has 0 saturated carbocycles. The standard InChI is InChI=1S/C16H18FN3O/c1-16(2,3)13-10-14(20-19-13)18-15(21)9-6-11-4-7-12(17)8-5-11/h4-10H,1-3H3,(H2,18,19,20,21)/b9-6+. The normalized spacial score (nSPS) is 11.8. The fourth-order valence-corrected chi connectivity index (χ4v) is 1.68. The molecule has 4 nitrogen and oxygen atoms in total. The van der Waals surface area contributed by atoms with Crippen LogP contribution in [-0.4, -0.2) is 16.1 Å². The van der Waals surface area contributed by atoms with Crippen molar-refractivity contribution in [1.82, 2.24) is 10.2 Å². The van der Waals surface area contributed by atoms with Crippen molar-refractivity contribution in [3.63, 3.8) is 0 Å². The monoisotopic (exact) mass is 287 g/mol. The molecule has 0 aliphatic rings. The van der Waals surface area contributed by atoms with Crippen LogP contribution < -0.4 is 5.32 Å². The van der Waals surface area contributed by atoms with Crippen molar-refractivity contribution in [2.45, 2.75) is 26.2 Å². The van der Waals surface area contributed by atoms with E-state index in [4.69, 9.17) is 0 Å². The molecule has 1 aromatic carbocycles. The van der Waals surface area contributed by atoms with Gasteiger partial charge >= 0.3 is 0 Å². The number of nitrogens with zero attached hydrogens (tertiary/aromatic N) is 1. The summed E-state index contributed by atoms with van der Waals surface area (Å²) in [5.41, 5.74) is 1.64. The molecule has 5 heteroatoms. The van der Waals surface area contributed by atoms with Crippen LogP contribution in [0.25, 0.3) is 6.08 Å². The molecule has 1 heterocycles. The Kier molecular flexibility index (Phi) is 4.21. The van der Waals surface area contributed by atoms with Gasteiger partial charge in [0.05, 0.1) is 0 Å². The lowest BCUT2D eigenvalue weighted by Gasteiger charge is -2.14. The highest BCUT2D eigenvalue weighted by Crippen LogP contribution is 2.21. The molecular weight excluding hydrogens is 269 g/mol. The van der Waals surface area contributed by atoms with E-state index in [9.17, 15) is 9.18 Å². The fraction of sp³-hybridized carbons (Fsp3) is 0.250. The van der Waals surface area contributed by atoms with Gasteiger partial charge < -0.3 is 5.32 Å². The zero-order valence-corrected chi connectivity index (χ0v) is 12.3. The summed E-state index contributed by atoms with van der Waals surface area (Å²) in [6, 6.07) is 7.71. The average molecular weight is 287 g/mol. The summed E-state index contributed by atoms with van der Waals surface area (Å²) in [7, 11) is 0. The van der Waals surface area contributed by atoms with Gasteiger partial charge in [0.25, 0.3) is 0 Å². The van der Waals surface area contributed by atoms with Crippen LogP contribution in [0.4, 0.5) is 10.2 Å². The number of anilines is 1. The molecule has 0 saturated heterocycles. The van der Waals surface area contributed by atoms with Crippen LogP contribution in [0.15, 0.2) is 36.4 Å². The first-order valence-corrected chi connectivity index (χ1v) is 6.65. The molecule has 0 bridgehead atoms. The van der Waals surface area contributed by atoms with Crippen LogP contribution in [0.1, 0.15) is 32.0 Å². The number of hydrogen-bond donors (Lipinski definition) is 2. The lowest BCUT2D eigenvalue weighted by atomic mass is 9.92. The van der Waals surface area contributed by atoms with Crippen molar-refractivity contribution in [3.05, 3.63) is 53.5 Å². The van der Waals surface area contributed by atoms with Crippen LogP contribution in [0.2, 0.25) is 0 Å².